The average Bonchev–Trinajstić information content (AvgIpc) is 3.51. The Labute approximate surface area is 188 Å². The molecule has 1 aromatic rings. The summed E-state index contributed by atoms with van der Waals surface area (Å²) in [6.45, 7) is 2.29. The van der Waals surface area contributed by atoms with E-state index in [0.717, 1.165) is 31.2 Å². The van der Waals surface area contributed by atoms with E-state index >= 15 is 0 Å². The summed E-state index contributed by atoms with van der Waals surface area (Å²) in [6, 6.07) is 7.46. The van der Waals surface area contributed by atoms with Crippen molar-refractivity contribution in [2.24, 2.45) is 16.6 Å². The third-order valence-electron chi connectivity index (χ3n) is 6.19. The van der Waals surface area contributed by atoms with Crippen LogP contribution in [0.15, 0.2) is 29.3 Å². The molecule has 3 aliphatic rings. The number of nitrogens with zero attached hydrogens (tertiary/aromatic N) is 2. The number of nitrogens with two attached hydrogens (primary N) is 1. The number of amides is 3. The van der Waals surface area contributed by atoms with E-state index in [4.69, 9.17) is 5.73 Å². The van der Waals surface area contributed by atoms with Gasteiger partial charge in [-0.15, -0.1) is 24.0 Å². The van der Waals surface area contributed by atoms with Crippen molar-refractivity contribution in [1.29, 1.82) is 0 Å². The fourth-order valence-corrected chi connectivity index (χ4v) is 4.26. The standard InChI is InChI=1S/C21H29N5O2.HI/c1-21(15-9-10-15)18(27)26(20(28)25-21)17-11-7-14(8-12-17)13-23-19(22)24-16-5-3-2-4-6-16;/h7-8,11-12,15-16H,2-6,9-10,13H2,1H3,(H,25,28)(H3,22,23,24);1H. The van der Waals surface area contributed by atoms with Gasteiger partial charge in [-0.3, -0.25) is 4.79 Å². The minimum absolute atomic E-state index is 0. The molecule has 158 valence electrons. The third kappa shape index (κ3) is 4.67. The molecule has 0 bridgehead atoms. The van der Waals surface area contributed by atoms with Crippen molar-refractivity contribution >= 4 is 47.6 Å². The first kappa shape index (κ1) is 21.9. The number of benzene rings is 1. The molecule has 0 spiro atoms. The molecule has 1 heterocycles. The van der Waals surface area contributed by atoms with Crippen LogP contribution in [0.25, 0.3) is 0 Å². The first-order valence-electron chi connectivity index (χ1n) is 10.3. The van der Waals surface area contributed by atoms with E-state index in [1.165, 1.54) is 24.2 Å². The highest BCUT2D eigenvalue weighted by atomic mass is 127. The van der Waals surface area contributed by atoms with Crippen molar-refractivity contribution in [3.05, 3.63) is 29.8 Å². The van der Waals surface area contributed by atoms with Crippen LogP contribution in [0.3, 0.4) is 0 Å². The molecule has 8 heteroatoms. The van der Waals surface area contributed by atoms with Gasteiger partial charge in [0.1, 0.15) is 5.54 Å². The number of halogens is 1. The second kappa shape index (κ2) is 8.89. The fourth-order valence-electron chi connectivity index (χ4n) is 4.26. The van der Waals surface area contributed by atoms with Crippen LogP contribution >= 0.6 is 24.0 Å². The largest absolute Gasteiger partial charge is 0.370 e. The number of hydrogen-bond donors (Lipinski definition) is 3. The second-order valence-electron chi connectivity index (χ2n) is 8.39. The SMILES string of the molecule is CC1(C2CC2)NC(=O)N(c2ccc(CN=C(N)NC3CCCCC3)cc2)C1=O.I. The highest BCUT2D eigenvalue weighted by Gasteiger charge is 2.56. The molecule has 4 N–H and O–H groups in total. The van der Waals surface area contributed by atoms with E-state index in [9.17, 15) is 9.59 Å². The summed E-state index contributed by atoms with van der Waals surface area (Å²) in [5.41, 5.74) is 6.82. The second-order valence-corrected chi connectivity index (χ2v) is 8.39. The van der Waals surface area contributed by atoms with Crippen molar-refractivity contribution < 1.29 is 9.59 Å². The molecule has 0 radical (unpaired) electrons. The van der Waals surface area contributed by atoms with E-state index in [0.29, 0.717) is 24.2 Å². The van der Waals surface area contributed by atoms with Gasteiger partial charge in [0.15, 0.2) is 5.96 Å². The smallest absolute Gasteiger partial charge is 0.329 e. The van der Waals surface area contributed by atoms with Crippen LogP contribution in [0, 0.1) is 5.92 Å². The Hall–Kier alpha value is -1.84. The lowest BCUT2D eigenvalue weighted by atomic mass is 9.96. The summed E-state index contributed by atoms with van der Waals surface area (Å²) >= 11 is 0. The molecule has 1 saturated heterocycles. The van der Waals surface area contributed by atoms with Crippen molar-refractivity contribution in [1.82, 2.24) is 10.6 Å². The lowest BCUT2D eigenvalue weighted by Gasteiger charge is -2.23. The van der Waals surface area contributed by atoms with Gasteiger partial charge in [0.2, 0.25) is 0 Å². The quantitative estimate of drug-likeness (QED) is 0.245. The monoisotopic (exact) mass is 511 g/mol. The summed E-state index contributed by atoms with van der Waals surface area (Å²) < 4.78 is 0. The van der Waals surface area contributed by atoms with E-state index < -0.39 is 5.54 Å². The summed E-state index contributed by atoms with van der Waals surface area (Å²) in [6.07, 6.45) is 8.07. The maximum Gasteiger partial charge on any atom is 0.329 e. The Kier molecular flexibility index (Phi) is 6.70. The number of carbonyl (C=O) groups excluding carboxylic acids is 2. The fraction of sp³-hybridized carbons (Fsp3) is 0.571. The number of aliphatic imine (C=N–C) groups is 1. The van der Waals surface area contributed by atoms with Crippen LogP contribution in [0.4, 0.5) is 10.5 Å². The number of guanidine groups is 1. The Bertz CT molecular complexity index is 787. The first-order valence-corrected chi connectivity index (χ1v) is 10.3. The van der Waals surface area contributed by atoms with Crippen LogP contribution in [0.1, 0.15) is 57.4 Å². The van der Waals surface area contributed by atoms with Crippen LogP contribution in [-0.4, -0.2) is 29.5 Å². The minimum atomic E-state index is -0.765. The molecule has 1 atom stereocenters. The van der Waals surface area contributed by atoms with Gasteiger partial charge in [-0.1, -0.05) is 31.4 Å². The van der Waals surface area contributed by atoms with Gasteiger partial charge in [-0.2, -0.15) is 0 Å². The average molecular weight is 511 g/mol. The highest BCUT2D eigenvalue weighted by molar-refractivity contribution is 14.0. The van der Waals surface area contributed by atoms with Gasteiger partial charge < -0.3 is 16.4 Å². The van der Waals surface area contributed by atoms with Crippen molar-refractivity contribution in [2.75, 3.05) is 4.90 Å². The zero-order valence-corrected chi connectivity index (χ0v) is 19.1. The minimum Gasteiger partial charge on any atom is -0.370 e. The van der Waals surface area contributed by atoms with Gasteiger partial charge in [0.05, 0.1) is 12.2 Å². The van der Waals surface area contributed by atoms with Crippen LogP contribution < -0.4 is 21.3 Å². The zero-order valence-electron chi connectivity index (χ0n) is 16.8. The summed E-state index contributed by atoms with van der Waals surface area (Å²) in [7, 11) is 0. The zero-order chi connectivity index (χ0) is 19.7. The molecule has 1 unspecified atom stereocenters. The maximum absolute atomic E-state index is 12.8. The number of hydrogen-bond acceptors (Lipinski definition) is 3. The molecule has 2 saturated carbocycles. The van der Waals surface area contributed by atoms with E-state index in [1.807, 2.05) is 19.1 Å². The Morgan fingerprint density at radius 3 is 2.45 bits per heavy atom. The number of carbonyl (C=O) groups is 2. The van der Waals surface area contributed by atoms with Gasteiger partial charge in [-0.05, 0) is 56.2 Å². The topological polar surface area (TPSA) is 99.8 Å². The number of imide groups is 1. The number of urea groups is 1. The van der Waals surface area contributed by atoms with Gasteiger partial charge in [0.25, 0.3) is 5.91 Å². The Balaban J connectivity index is 0.00000240. The Morgan fingerprint density at radius 2 is 1.83 bits per heavy atom. The molecule has 0 aromatic heterocycles. The molecule has 29 heavy (non-hydrogen) atoms. The predicted molar refractivity (Wildman–Crippen MR) is 124 cm³/mol. The van der Waals surface area contributed by atoms with E-state index in [2.05, 4.69) is 15.6 Å². The van der Waals surface area contributed by atoms with Gasteiger partial charge in [-0.25, -0.2) is 14.7 Å². The van der Waals surface area contributed by atoms with Crippen LogP contribution in [-0.2, 0) is 11.3 Å². The van der Waals surface area contributed by atoms with E-state index in [1.54, 1.807) is 12.1 Å². The molecule has 3 fully saturated rings. The van der Waals surface area contributed by atoms with Gasteiger partial charge >= 0.3 is 6.03 Å². The first-order chi connectivity index (χ1) is 13.5. The molecule has 1 aliphatic heterocycles. The van der Waals surface area contributed by atoms with Gasteiger partial charge in [0, 0.05) is 6.04 Å². The van der Waals surface area contributed by atoms with Crippen LogP contribution in [0.2, 0.25) is 0 Å². The molecule has 4 rings (SSSR count). The summed E-state index contributed by atoms with van der Waals surface area (Å²) in [5, 5.41) is 6.18. The molecular formula is C21H30IN5O2. The van der Waals surface area contributed by atoms with Crippen molar-refractivity contribution in [3.8, 4) is 0 Å². The predicted octanol–water partition coefficient (Wildman–Crippen LogP) is 3.27. The van der Waals surface area contributed by atoms with Crippen molar-refractivity contribution in [3.63, 3.8) is 0 Å². The summed E-state index contributed by atoms with van der Waals surface area (Å²) in [4.78, 5) is 30.9. The molecule has 7 nitrogen and oxygen atoms in total. The highest BCUT2D eigenvalue weighted by Crippen LogP contribution is 2.43. The Morgan fingerprint density at radius 1 is 1.17 bits per heavy atom. The number of rotatable bonds is 5. The third-order valence-corrected chi connectivity index (χ3v) is 6.19. The normalized spacial score (nSPS) is 25.6. The van der Waals surface area contributed by atoms with E-state index in [-0.39, 0.29) is 41.8 Å². The molecule has 1 aromatic carbocycles. The lowest BCUT2D eigenvalue weighted by molar-refractivity contribution is -0.122. The maximum atomic E-state index is 12.8. The summed E-state index contributed by atoms with van der Waals surface area (Å²) in [5.74, 6) is 0.569. The molecule has 2 aliphatic carbocycles. The van der Waals surface area contributed by atoms with Crippen molar-refractivity contribution in [2.45, 2.75) is 70.0 Å². The number of nitrogens with one attached hydrogen (secondary N) is 2. The lowest BCUT2D eigenvalue weighted by Crippen LogP contribution is -2.46. The number of anilines is 1. The molecule has 3 amide bonds. The molecular weight excluding hydrogens is 481 g/mol. The van der Waals surface area contributed by atoms with Crippen LogP contribution in [0.5, 0.6) is 0 Å².